The molecule has 1 fully saturated rings. The maximum atomic E-state index is 8.58. The number of nitrogens with zero attached hydrogens (tertiary/aromatic N) is 3. The molecule has 0 saturated carbocycles. The predicted molar refractivity (Wildman–Crippen MR) is 55.8 cm³/mol. The lowest BCUT2D eigenvalue weighted by atomic mass is 10.2. The molecule has 0 aromatic carbocycles. The Morgan fingerprint density at radius 2 is 2.38 bits per heavy atom. The van der Waals surface area contributed by atoms with Crippen LogP contribution < -0.4 is 5.32 Å². The van der Waals surface area contributed by atoms with Crippen LogP contribution in [0.5, 0.6) is 0 Å². The molecule has 6 nitrogen and oxygen atoms in total. The van der Waals surface area contributed by atoms with Crippen LogP contribution in [0.15, 0.2) is 12.4 Å². The van der Waals surface area contributed by atoms with Gasteiger partial charge in [0.25, 0.3) is 0 Å². The lowest BCUT2D eigenvalue weighted by Gasteiger charge is -2.17. The van der Waals surface area contributed by atoms with Gasteiger partial charge in [-0.1, -0.05) is 0 Å². The van der Waals surface area contributed by atoms with E-state index in [1.165, 1.54) is 12.4 Å². The van der Waals surface area contributed by atoms with E-state index in [0.717, 1.165) is 0 Å². The van der Waals surface area contributed by atoms with Gasteiger partial charge < -0.3 is 14.8 Å². The van der Waals surface area contributed by atoms with Crippen LogP contribution in [0.25, 0.3) is 0 Å². The second kappa shape index (κ2) is 4.88. The van der Waals surface area contributed by atoms with Crippen molar-refractivity contribution in [1.82, 2.24) is 9.97 Å². The zero-order valence-corrected chi connectivity index (χ0v) is 8.88. The molecule has 84 valence electrons. The van der Waals surface area contributed by atoms with Crippen LogP contribution in [-0.2, 0) is 9.47 Å². The molecule has 2 atom stereocenters. The summed E-state index contributed by atoms with van der Waals surface area (Å²) in [5.74, 6) is 0.622. The van der Waals surface area contributed by atoms with E-state index in [4.69, 9.17) is 14.7 Å². The summed E-state index contributed by atoms with van der Waals surface area (Å²) in [5, 5.41) is 11.7. The second-order valence-corrected chi connectivity index (χ2v) is 3.46. The van der Waals surface area contributed by atoms with Gasteiger partial charge in [0.05, 0.1) is 31.6 Å². The van der Waals surface area contributed by atoms with Crippen molar-refractivity contribution in [1.29, 1.82) is 5.26 Å². The molecule has 0 unspecified atom stereocenters. The van der Waals surface area contributed by atoms with Crippen LogP contribution in [0.2, 0.25) is 0 Å². The number of nitrogens with one attached hydrogen (secondary N) is 1. The van der Waals surface area contributed by atoms with Crippen molar-refractivity contribution in [2.24, 2.45) is 0 Å². The molecule has 2 rings (SSSR count). The molecule has 0 radical (unpaired) electrons. The van der Waals surface area contributed by atoms with Crippen molar-refractivity contribution in [3.8, 4) is 6.07 Å². The van der Waals surface area contributed by atoms with E-state index in [1.54, 1.807) is 7.11 Å². The molecule has 1 aromatic heterocycles. The molecule has 1 N–H and O–H groups in total. The molecule has 1 aromatic rings. The van der Waals surface area contributed by atoms with Crippen LogP contribution in [0.1, 0.15) is 5.69 Å². The maximum absolute atomic E-state index is 8.58. The summed E-state index contributed by atoms with van der Waals surface area (Å²) in [7, 11) is 1.65. The average molecular weight is 220 g/mol. The molecule has 0 spiro atoms. The van der Waals surface area contributed by atoms with Gasteiger partial charge in [-0.25, -0.2) is 9.97 Å². The number of nitriles is 1. The molecule has 2 heterocycles. The van der Waals surface area contributed by atoms with E-state index in [9.17, 15) is 0 Å². The number of methoxy groups -OCH3 is 1. The number of ether oxygens (including phenoxy) is 2. The van der Waals surface area contributed by atoms with Gasteiger partial charge in [0.15, 0.2) is 5.69 Å². The first-order chi connectivity index (χ1) is 7.83. The summed E-state index contributed by atoms with van der Waals surface area (Å²) in [4.78, 5) is 8.00. The van der Waals surface area contributed by atoms with Gasteiger partial charge in [-0.05, 0) is 0 Å². The number of aromatic nitrogens is 2. The fourth-order valence-electron chi connectivity index (χ4n) is 1.55. The zero-order valence-electron chi connectivity index (χ0n) is 8.88. The average Bonchev–Trinajstić information content (AvgIpc) is 2.77. The zero-order chi connectivity index (χ0) is 11.4. The Morgan fingerprint density at radius 3 is 3.00 bits per heavy atom. The van der Waals surface area contributed by atoms with Gasteiger partial charge in [0.1, 0.15) is 18.0 Å². The van der Waals surface area contributed by atoms with Gasteiger partial charge in [-0.15, -0.1) is 0 Å². The predicted octanol–water partition coefficient (Wildman–Crippen LogP) is 0.174. The van der Waals surface area contributed by atoms with Crippen LogP contribution >= 0.6 is 0 Å². The van der Waals surface area contributed by atoms with E-state index < -0.39 is 0 Å². The standard InChI is InChI=1S/C10H12N4O2/c1-15-9-6-16-5-8(9)14-10-4-12-7(2-11)3-13-10/h3-4,8-9H,5-6H2,1H3,(H,13,14)/t8-,9-/m1/s1. The summed E-state index contributed by atoms with van der Waals surface area (Å²) in [6.45, 7) is 1.16. The SMILES string of the molecule is CO[C@@H]1COC[C@H]1Nc1cnc(C#N)cn1. The molecule has 16 heavy (non-hydrogen) atoms. The lowest BCUT2D eigenvalue weighted by Crippen LogP contribution is -2.33. The van der Waals surface area contributed by atoms with Gasteiger partial charge >= 0.3 is 0 Å². The Balaban J connectivity index is 2.00. The monoisotopic (exact) mass is 220 g/mol. The third-order valence-corrected chi connectivity index (χ3v) is 2.43. The maximum Gasteiger partial charge on any atom is 0.158 e. The highest BCUT2D eigenvalue weighted by molar-refractivity contribution is 5.35. The molecule has 0 amide bonds. The minimum Gasteiger partial charge on any atom is -0.377 e. The molecule has 1 aliphatic rings. The van der Waals surface area contributed by atoms with Crippen LogP contribution in [0.3, 0.4) is 0 Å². The van der Waals surface area contributed by atoms with Gasteiger partial charge in [0, 0.05) is 7.11 Å². The highest BCUT2D eigenvalue weighted by atomic mass is 16.5. The number of hydrogen-bond acceptors (Lipinski definition) is 6. The molecule has 0 bridgehead atoms. The summed E-state index contributed by atoms with van der Waals surface area (Å²) in [6.07, 6.45) is 2.99. The third-order valence-electron chi connectivity index (χ3n) is 2.43. The van der Waals surface area contributed by atoms with Crippen molar-refractivity contribution >= 4 is 5.82 Å². The third kappa shape index (κ3) is 2.27. The summed E-state index contributed by atoms with van der Waals surface area (Å²) in [5.41, 5.74) is 0.302. The largest absolute Gasteiger partial charge is 0.377 e. The quantitative estimate of drug-likeness (QED) is 0.782. The molecule has 1 saturated heterocycles. The van der Waals surface area contributed by atoms with E-state index in [1.807, 2.05) is 6.07 Å². The van der Waals surface area contributed by atoms with Crippen molar-refractivity contribution in [3.63, 3.8) is 0 Å². The Labute approximate surface area is 93.2 Å². The van der Waals surface area contributed by atoms with E-state index >= 15 is 0 Å². The van der Waals surface area contributed by atoms with E-state index in [-0.39, 0.29) is 12.1 Å². The molecular formula is C10H12N4O2. The minimum absolute atomic E-state index is 0.0254. The minimum atomic E-state index is 0.0254. The number of hydrogen-bond donors (Lipinski definition) is 1. The molecule has 6 heteroatoms. The Bertz CT molecular complexity index is 387. The Hall–Kier alpha value is -1.71. The van der Waals surface area contributed by atoms with Crippen LogP contribution in [0.4, 0.5) is 5.82 Å². The highest BCUT2D eigenvalue weighted by Gasteiger charge is 2.28. The first kappa shape index (κ1) is 10.8. The van der Waals surface area contributed by atoms with E-state index in [2.05, 4.69) is 15.3 Å². The summed E-state index contributed by atoms with van der Waals surface area (Å²) >= 11 is 0. The normalized spacial score (nSPS) is 24.0. The summed E-state index contributed by atoms with van der Waals surface area (Å²) in [6, 6.07) is 1.99. The van der Waals surface area contributed by atoms with Crippen molar-refractivity contribution in [2.45, 2.75) is 12.1 Å². The topological polar surface area (TPSA) is 80.1 Å². The molecular weight excluding hydrogens is 208 g/mol. The fraction of sp³-hybridized carbons (Fsp3) is 0.500. The van der Waals surface area contributed by atoms with Crippen molar-refractivity contribution in [2.75, 3.05) is 25.6 Å². The van der Waals surface area contributed by atoms with Crippen LogP contribution in [-0.4, -0.2) is 42.4 Å². The van der Waals surface area contributed by atoms with Gasteiger partial charge in [0.2, 0.25) is 0 Å². The number of anilines is 1. The summed E-state index contributed by atoms with van der Waals surface area (Å²) < 4.78 is 10.5. The smallest absolute Gasteiger partial charge is 0.158 e. The van der Waals surface area contributed by atoms with Crippen molar-refractivity contribution in [3.05, 3.63) is 18.1 Å². The van der Waals surface area contributed by atoms with Gasteiger partial charge in [-0.3, -0.25) is 0 Å². The Kier molecular flexibility index (Phi) is 3.29. The van der Waals surface area contributed by atoms with E-state index in [0.29, 0.717) is 24.7 Å². The van der Waals surface area contributed by atoms with Gasteiger partial charge in [-0.2, -0.15) is 5.26 Å². The van der Waals surface area contributed by atoms with Crippen LogP contribution in [0, 0.1) is 11.3 Å². The Morgan fingerprint density at radius 1 is 1.50 bits per heavy atom. The van der Waals surface area contributed by atoms with Crippen molar-refractivity contribution < 1.29 is 9.47 Å². The first-order valence-corrected chi connectivity index (χ1v) is 4.92. The molecule has 1 aliphatic heterocycles. The first-order valence-electron chi connectivity index (χ1n) is 4.92. The fourth-order valence-corrected chi connectivity index (χ4v) is 1.55. The number of rotatable bonds is 3. The highest BCUT2D eigenvalue weighted by Crippen LogP contribution is 2.13. The second-order valence-electron chi connectivity index (χ2n) is 3.46. The molecule has 0 aliphatic carbocycles. The lowest BCUT2D eigenvalue weighted by molar-refractivity contribution is 0.0795.